The zero-order chi connectivity index (χ0) is 27.8. The highest BCUT2D eigenvalue weighted by atomic mass is 16.5. The molecule has 0 radical (unpaired) electrons. The van der Waals surface area contributed by atoms with Gasteiger partial charge in [0.1, 0.15) is 22.5 Å². The molecule has 38 heavy (non-hydrogen) atoms. The van der Waals surface area contributed by atoms with Gasteiger partial charge in [-0.25, -0.2) is 19.2 Å². The van der Waals surface area contributed by atoms with Crippen LogP contribution < -0.4 is 14.7 Å². The van der Waals surface area contributed by atoms with Gasteiger partial charge in [-0.15, -0.1) is 0 Å². The number of fused-ring (bicyclic) bond motifs is 1. The monoisotopic (exact) mass is 521 g/mol. The molecule has 11 nitrogen and oxygen atoms in total. The van der Waals surface area contributed by atoms with Gasteiger partial charge in [0.25, 0.3) is 0 Å². The normalized spacial score (nSPS) is 15.9. The summed E-state index contributed by atoms with van der Waals surface area (Å²) in [5.74, 6) is -3.75. The van der Waals surface area contributed by atoms with E-state index in [-0.39, 0.29) is 28.2 Å². The van der Waals surface area contributed by atoms with Gasteiger partial charge in [-0.2, -0.15) is 0 Å². The minimum Gasteiger partial charge on any atom is -0.465 e. The molecule has 11 heteroatoms. The Bertz CT molecular complexity index is 1300. The van der Waals surface area contributed by atoms with E-state index in [1.54, 1.807) is 78.5 Å². The highest BCUT2D eigenvalue weighted by Gasteiger charge is 2.64. The van der Waals surface area contributed by atoms with Crippen molar-refractivity contribution in [3.63, 3.8) is 0 Å². The number of esters is 4. The van der Waals surface area contributed by atoms with Crippen LogP contribution in [0.4, 0.5) is 17.1 Å². The fraction of sp³-hybridized carbons (Fsp3) is 0.259. The van der Waals surface area contributed by atoms with Crippen LogP contribution >= 0.6 is 0 Å². The first-order valence-corrected chi connectivity index (χ1v) is 11.5. The van der Waals surface area contributed by atoms with Gasteiger partial charge in [-0.1, -0.05) is 30.3 Å². The average Bonchev–Trinajstić information content (AvgIpc) is 3.17. The third-order valence-corrected chi connectivity index (χ3v) is 6.74. The number of para-hydroxylation sites is 3. The molecule has 2 aromatic rings. The van der Waals surface area contributed by atoms with Gasteiger partial charge in [0.15, 0.2) is 5.66 Å². The lowest BCUT2D eigenvalue weighted by Gasteiger charge is -2.49. The molecule has 2 heterocycles. The molecule has 0 aromatic heterocycles. The van der Waals surface area contributed by atoms with Crippen molar-refractivity contribution in [2.45, 2.75) is 5.66 Å². The van der Waals surface area contributed by atoms with Gasteiger partial charge in [-0.3, -0.25) is 4.90 Å². The van der Waals surface area contributed by atoms with Crippen LogP contribution in [0, 0.1) is 0 Å². The first kappa shape index (κ1) is 26.3. The van der Waals surface area contributed by atoms with E-state index in [9.17, 15) is 19.2 Å². The predicted molar refractivity (Wildman–Crippen MR) is 137 cm³/mol. The first-order valence-electron chi connectivity index (χ1n) is 11.5. The van der Waals surface area contributed by atoms with Gasteiger partial charge in [0.2, 0.25) is 0 Å². The van der Waals surface area contributed by atoms with E-state index in [0.29, 0.717) is 11.4 Å². The van der Waals surface area contributed by atoms with Crippen LogP contribution in [0.3, 0.4) is 0 Å². The quantitative estimate of drug-likeness (QED) is 0.425. The highest BCUT2D eigenvalue weighted by molar-refractivity contribution is 6.18. The van der Waals surface area contributed by atoms with E-state index in [2.05, 4.69) is 0 Å². The van der Waals surface area contributed by atoms with Crippen LogP contribution in [0.1, 0.15) is 0 Å². The number of rotatable bonds is 5. The molecule has 4 rings (SSSR count). The molecule has 0 unspecified atom stereocenters. The molecule has 198 valence electrons. The zero-order valence-electron chi connectivity index (χ0n) is 21.8. The number of nitrogens with zero attached hydrogens (tertiary/aromatic N) is 3. The van der Waals surface area contributed by atoms with E-state index in [1.165, 1.54) is 4.90 Å². The molecule has 0 bridgehead atoms. The second-order valence-corrected chi connectivity index (χ2v) is 8.36. The van der Waals surface area contributed by atoms with Crippen molar-refractivity contribution >= 4 is 40.9 Å². The van der Waals surface area contributed by atoms with Crippen LogP contribution in [0.5, 0.6) is 0 Å². The van der Waals surface area contributed by atoms with Crippen molar-refractivity contribution in [1.29, 1.82) is 0 Å². The largest absolute Gasteiger partial charge is 0.465 e. The summed E-state index contributed by atoms with van der Waals surface area (Å²) in [6.07, 6.45) is 0. The lowest BCUT2D eigenvalue weighted by atomic mass is 9.81. The average molecular weight is 522 g/mol. The van der Waals surface area contributed by atoms with Crippen molar-refractivity contribution in [3.05, 3.63) is 77.1 Å². The molecule has 2 aliphatic rings. The third-order valence-electron chi connectivity index (χ3n) is 6.74. The predicted octanol–water partition coefficient (Wildman–Crippen LogP) is 1.99. The number of methoxy groups -OCH3 is 4. The number of benzene rings is 2. The molecule has 0 atom stereocenters. The summed E-state index contributed by atoms with van der Waals surface area (Å²) < 4.78 is 20.6. The van der Waals surface area contributed by atoms with E-state index in [4.69, 9.17) is 18.9 Å². The van der Waals surface area contributed by atoms with Crippen LogP contribution in [-0.4, -0.2) is 72.1 Å². The van der Waals surface area contributed by atoms with Gasteiger partial charge in [0, 0.05) is 19.8 Å². The molecule has 1 spiro atoms. The molecule has 0 fully saturated rings. The topological polar surface area (TPSA) is 115 Å². The van der Waals surface area contributed by atoms with Gasteiger partial charge in [-0.05, 0) is 24.3 Å². The van der Waals surface area contributed by atoms with E-state index in [0.717, 1.165) is 28.4 Å². The van der Waals surface area contributed by atoms with Gasteiger partial charge in [0.05, 0.1) is 39.8 Å². The van der Waals surface area contributed by atoms with Crippen molar-refractivity contribution in [1.82, 2.24) is 0 Å². The summed E-state index contributed by atoms with van der Waals surface area (Å²) in [6.45, 7) is 0. The summed E-state index contributed by atoms with van der Waals surface area (Å²) in [4.78, 5) is 59.0. The maximum Gasteiger partial charge on any atom is 0.355 e. The fourth-order valence-electron chi connectivity index (χ4n) is 5.16. The van der Waals surface area contributed by atoms with Crippen molar-refractivity contribution in [3.8, 4) is 0 Å². The second-order valence-electron chi connectivity index (χ2n) is 8.36. The Morgan fingerprint density at radius 3 is 1.32 bits per heavy atom. The smallest absolute Gasteiger partial charge is 0.355 e. The lowest BCUT2D eigenvalue weighted by molar-refractivity contribution is -0.142. The molecular formula is C27H27N3O8. The molecule has 0 saturated heterocycles. The number of ether oxygens (including phenoxy) is 4. The second kappa shape index (κ2) is 9.92. The number of likely N-dealkylation sites (N-methyl/N-ethyl adjacent to an activating group) is 2. The minimum atomic E-state index is -1.87. The Morgan fingerprint density at radius 1 is 0.579 bits per heavy atom. The van der Waals surface area contributed by atoms with Crippen LogP contribution in [0.25, 0.3) is 0 Å². The molecule has 0 amide bonds. The maximum atomic E-state index is 13.7. The van der Waals surface area contributed by atoms with E-state index >= 15 is 0 Å². The van der Waals surface area contributed by atoms with Gasteiger partial charge < -0.3 is 28.7 Å². The van der Waals surface area contributed by atoms with E-state index in [1.807, 2.05) is 0 Å². The number of hydrogen-bond acceptors (Lipinski definition) is 11. The molecule has 0 aliphatic carbocycles. The number of carbonyl (C=O) groups excluding carboxylic acids is 4. The van der Waals surface area contributed by atoms with Gasteiger partial charge >= 0.3 is 23.9 Å². The highest BCUT2D eigenvalue weighted by Crippen LogP contribution is 2.55. The number of hydrogen-bond donors (Lipinski definition) is 0. The summed E-state index contributed by atoms with van der Waals surface area (Å²) in [5.41, 5.74) is -1.54. The molecule has 2 aliphatic heterocycles. The SMILES string of the molecule is COC(=O)C1=C(C(=O)OC)C2(C(C(=O)OC)=C(C(=O)OC)N1c1ccccc1)N(C)c1ccccc1N2C. The summed E-state index contributed by atoms with van der Waals surface area (Å²) in [5, 5.41) is 0. The van der Waals surface area contributed by atoms with Crippen LogP contribution in [0.15, 0.2) is 77.1 Å². The van der Waals surface area contributed by atoms with Crippen molar-refractivity contribution in [2.75, 3.05) is 57.2 Å². The minimum absolute atomic E-state index is 0.259. The third kappa shape index (κ3) is 3.50. The van der Waals surface area contributed by atoms with Crippen LogP contribution in [-0.2, 0) is 38.1 Å². The molecule has 0 N–H and O–H groups in total. The zero-order valence-corrected chi connectivity index (χ0v) is 21.8. The Hall–Kier alpha value is -4.80. The molecule has 0 saturated carbocycles. The molecular weight excluding hydrogens is 494 g/mol. The van der Waals surface area contributed by atoms with Crippen molar-refractivity contribution in [2.24, 2.45) is 0 Å². The van der Waals surface area contributed by atoms with Crippen molar-refractivity contribution < 1.29 is 38.1 Å². The summed E-state index contributed by atoms with van der Waals surface area (Å²) >= 11 is 0. The first-order chi connectivity index (χ1) is 18.2. The molecule has 2 aromatic carbocycles. The Morgan fingerprint density at radius 2 is 0.947 bits per heavy atom. The fourth-order valence-corrected chi connectivity index (χ4v) is 5.16. The standard InChI is InChI=1S/C27H27N3O8/c1-28-17-14-10-11-15-18(17)29(2)27(28)19(23(31)35-3)21(25(33)37-5)30(16-12-8-7-9-13-16)22(26(34)38-6)20(27)24(32)36-4/h7-15H,1-6H3. The van der Waals surface area contributed by atoms with Crippen LogP contribution in [0.2, 0.25) is 0 Å². The number of anilines is 3. The Kier molecular flexibility index (Phi) is 6.86. The number of carbonyl (C=O) groups is 4. The maximum absolute atomic E-state index is 13.7. The van der Waals surface area contributed by atoms with E-state index < -0.39 is 29.5 Å². The summed E-state index contributed by atoms with van der Waals surface area (Å²) in [7, 11) is 7.88. The Balaban J connectivity index is 2.30. The Labute approximate surface area is 219 Å². The lowest BCUT2D eigenvalue weighted by Crippen LogP contribution is -2.65. The summed E-state index contributed by atoms with van der Waals surface area (Å²) in [6, 6.07) is 15.4.